The first-order valence-electron chi connectivity index (χ1n) is 4.21. The lowest BCUT2D eigenvalue weighted by Crippen LogP contribution is -2.48. The molecule has 0 radical (unpaired) electrons. The van der Waals surface area contributed by atoms with Gasteiger partial charge in [-0.15, -0.1) is 0 Å². The molecule has 16 heavy (non-hydrogen) atoms. The van der Waals surface area contributed by atoms with Gasteiger partial charge in [0.2, 0.25) is 0 Å². The topological polar surface area (TPSA) is 141 Å². The maximum atomic E-state index is 10.9. The molecule has 0 saturated carbocycles. The molecule has 0 heterocycles. The molecule has 92 valence electrons. The molecule has 4 atom stereocenters. The number of aldehydes is 1. The van der Waals surface area contributed by atoms with E-state index in [1.807, 2.05) is 0 Å². The van der Waals surface area contributed by atoms with Crippen LogP contribution in [-0.4, -0.2) is 63.1 Å². The Morgan fingerprint density at radius 1 is 1.12 bits per heavy atom. The summed E-state index contributed by atoms with van der Waals surface area (Å²) in [6.07, 6.45) is -8.50. The number of aliphatic hydroxyl groups is 4. The van der Waals surface area contributed by atoms with Gasteiger partial charge in [-0.05, 0) is 0 Å². The van der Waals surface area contributed by atoms with Gasteiger partial charge in [0.25, 0.3) is 0 Å². The summed E-state index contributed by atoms with van der Waals surface area (Å²) in [6.45, 7) is 0.897. The van der Waals surface area contributed by atoms with Gasteiger partial charge >= 0.3 is 11.9 Å². The number of carbonyl (C=O) groups is 3. The predicted molar refractivity (Wildman–Crippen MR) is 46.9 cm³/mol. The van der Waals surface area contributed by atoms with Crippen molar-refractivity contribution in [1.82, 2.24) is 0 Å². The van der Waals surface area contributed by atoms with Crippen molar-refractivity contribution in [2.75, 3.05) is 0 Å². The van der Waals surface area contributed by atoms with Crippen LogP contribution in [0.15, 0.2) is 0 Å². The predicted octanol–water partition coefficient (Wildman–Crippen LogP) is -3.28. The molecule has 8 nitrogen and oxygen atoms in total. The molecule has 0 aliphatic rings. The number of rotatable bonds is 5. The standard InChI is InChI=1S/C8H12O8/c1-3(10)16-8(15)7(14)6(13)5(12)4(11)2-9/h2,4-7,11-14H,1H3/t4-,5-,6+,7+/m1/s1. The minimum Gasteiger partial charge on any atom is -0.391 e. The van der Waals surface area contributed by atoms with Crippen LogP contribution in [-0.2, 0) is 19.1 Å². The summed E-state index contributed by atoms with van der Waals surface area (Å²) in [4.78, 5) is 31.3. The molecule has 0 amide bonds. The SMILES string of the molecule is CC(=O)OC(=O)[C@@H](O)[C@@H](O)[C@H](O)[C@H](O)C=O. The Balaban J connectivity index is 4.47. The monoisotopic (exact) mass is 236 g/mol. The second kappa shape index (κ2) is 6.28. The van der Waals surface area contributed by atoms with Crippen LogP contribution in [0.3, 0.4) is 0 Å². The molecule has 0 bridgehead atoms. The van der Waals surface area contributed by atoms with Crippen molar-refractivity contribution in [3.63, 3.8) is 0 Å². The van der Waals surface area contributed by atoms with Gasteiger partial charge in [-0.25, -0.2) is 4.79 Å². The molecule has 4 N–H and O–H groups in total. The lowest BCUT2D eigenvalue weighted by Gasteiger charge is -2.22. The van der Waals surface area contributed by atoms with Gasteiger partial charge in [-0.2, -0.15) is 0 Å². The molecule has 0 aromatic rings. The zero-order chi connectivity index (χ0) is 12.9. The second-order valence-corrected chi connectivity index (χ2v) is 2.97. The largest absolute Gasteiger partial charge is 0.391 e. The molecule has 0 aromatic carbocycles. The fourth-order valence-electron chi connectivity index (χ4n) is 0.811. The minimum atomic E-state index is -2.24. The van der Waals surface area contributed by atoms with E-state index in [0.717, 1.165) is 6.92 Å². The molecule has 0 aliphatic heterocycles. The van der Waals surface area contributed by atoms with Gasteiger partial charge in [-0.3, -0.25) is 4.79 Å². The van der Waals surface area contributed by atoms with Crippen molar-refractivity contribution in [1.29, 1.82) is 0 Å². The van der Waals surface area contributed by atoms with Crippen LogP contribution in [0.1, 0.15) is 6.92 Å². The van der Waals surface area contributed by atoms with Crippen LogP contribution >= 0.6 is 0 Å². The van der Waals surface area contributed by atoms with E-state index in [4.69, 9.17) is 20.4 Å². The Morgan fingerprint density at radius 2 is 1.62 bits per heavy atom. The average molecular weight is 236 g/mol. The highest BCUT2D eigenvalue weighted by Gasteiger charge is 2.35. The number of hydrogen-bond donors (Lipinski definition) is 4. The summed E-state index contributed by atoms with van der Waals surface area (Å²) in [5.74, 6) is -2.50. The summed E-state index contributed by atoms with van der Waals surface area (Å²) in [6, 6.07) is 0. The van der Waals surface area contributed by atoms with Gasteiger partial charge in [0.15, 0.2) is 12.4 Å². The van der Waals surface area contributed by atoms with E-state index in [2.05, 4.69) is 4.74 Å². The number of hydrogen-bond acceptors (Lipinski definition) is 8. The summed E-state index contributed by atoms with van der Waals surface area (Å²) in [5.41, 5.74) is 0. The molecular weight excluding hydrogens is 224 g/mol. The lowest BCUT2D eigenvalue weighted by atomic mass is 10.0. The fourth-order valence-corrected chi connectivity index (χ4v) is 0.811. The van der Waals surface area contributed by atoms with E-state index < -0.39 is 36.4 Å². The number of aliphatic hydroxyl groups excluding tert-OH is 4. The van der Waals surface area contributed by atoms with Crippen LogP contribution < -0.4 is 0 Å². The van der Waals surface area contributed by atoms with Crippen molar-refractivity contribution < 1.29 is 39.5 Å². The second-order valence-electron chi connectivity index (χ2n) is 2.97. The van der Waals surface area contributed by atoms with Crippen molar-refractivity contribution in [2.45, 2.75) is 31.3 Å². The smallest absolute Gasteiger partial charge is 0.345 e. The summed E-state index contributed by atoms with van der Waals surface area (Å²) in [5, 5.41) is 36.1. The highest BCUT2D eigenvalue weighted by molar-refractivity contribution is 5.87. The zero-order valence-electron chi connectivity index (χ0n) is 8.31. The van der Waals surface area contributed by atoms with E-state index in [1.165, 1.54) is 0 Å². The van der Waals surface area contributed by atoms with Gasteiger partial charge < -0.3 is 30.0 Å². The third kappa shape index (κ3) is 4.03. The fraction of sp³-hybridized carbons (Fsp3) is 0.625. The van der Waals surface area contributed by atoms with Gasteiger partial charge in [0.1, 0.15) is 18.3 Å². The first-order chi connectivity index (χ1) is 7.31. The normalized spacial score (nSPS) is 18.1. The Kier molecular flexibility index (Phi) is 5.75. The van der Waals surface area contributed by atoms with E-state index in [1.54, 1.807) is 0 Å². The lowest BCUT2D eigenvalue weighted by molar-refractivity contribution is -0.175. The molecule has 0 unspecified atom stereocenters. The van der Waals surface area contributed by atoms with Crippen LogP contribution in [0.5, 0.6) is 0 Å². The molecular formula is C8H12O8. The number of ether oxygens (including phenoxy) is 1. The van der Waals surface area contributed by atoms with Gasteiger partial charge in [0.05, 0.1) is 0 Å². The first-order valence-corrected chi connectivity index (χ1v) is 4.21. The van der Waals surface area contributed by atoms with Gasteiger partial charge in [-0.1, -0.05) is 0 Å². The molecule has 0 aliphatic carbocycles. The quantitative estimate of drug-likeness (QED) is 0.221. The summed E-state index contributed by atoms with van der Waals surface area (Å²) >= 11 is 0. The maximum Gasteiger partial charge on any atom is 0.345 e. The zero-order valence-corrected chi connectivity index (χ0v) is 8.31. The number of carbonyl (C=O) groups excluding carboxylic acids is 3. The van der Waals surface area contributed by atoms with Crippen molar-refractivity contribution >= 4 is 18.2 Å². The van der Waals surface area contributed by atoms with E-state index in [9.17, 15) is 14.4 Å². The maximum absolute atomic E-state index is 10.9. The van der Waals surface area contributed by atoms with Crippen LogP contribution in [0.25, 0.3) is 0 Å². The van der Waals surface area contributed by atoms with Crippen LogP contribution in [0.4, 0.5) is 0 Å². The third-order valence-corrected chi connectivity index (χ3v) is 1.65. The van der Waals surface area contributed by atoms with E-state index >= 15 is 0 Å². The van der Waals surface area contributed by atoms with E-state index in [-0.39, 0.29) is 6.29 Å². The molecule has 0 rings (SSSR count). The molecule has 0 aromatic heterocycles. The highest BCUT2D eigenvalue weighted by atomic mass is 16.6. The molecule has 8 heteroatoms. The van der Waals surface area contributed by atoms with E-state index in [0.29, 0.717) is 0 Å². The molecule has 0 saturated heterocycles. The van der Waals surface area contributed by atoms with Crippen molar-refractivity contribution in [3.05, 3.63) is 0 Å². The first kappa shape index (κ1) is 14.6. The van der Waals surface area contributed by atoms with Crippen molar-refractivity contribution in [2.24, 2.45) is 0 Å². The molecule has 0 fully saturated rings. The van der Waals surface area contributed by atoms with Crippen molar-refractivity contribution in [3.8, 4) is 0 Å². The Bertz CT molecular complexity index is 275. The van der Waals surface area contributed by atoms with Crippen LogP contribution in [0, 0.1) is 0 Å². The Labute approximate surface area is 90.1 Å². The minimum absolute atomic E-state index is 0.0864. The molecule has 0 spiro atoms. The highest BCUT2D eigenvalue weighted by Crippen LogP contribution is 2.05. The summed E-state index contributed by atoms with van der Waals surface area (Å²) < 4.78 is 3.93. The average Bonchev–Trinajstić information content (AvgIpc) is 2.23. The summed E-state index contributed by atoms with van der Waals surface area (Å²) in [7, 11) is 0. The Hall–Kier alpha value is -1.35. The van der Waals surface area contributed by atoms with Gasteiger partial charge in [0, 0.05) is 6.92 Å². The Morgan fingerprint density at radius 3 is 2.00 bits per heavy atom. The van der Waals surface area contributed by atoms with Crippen LogP contribution in [0.2, 0.25) is 0 Å². The third-order valence-electron chi connectivity index (χ3n) is 1.65. The number of esters is 2.